The molecule has 1 aromatic carbocycles. The number of alkyl halides is 2. The molecule has 0 heterocycles. The Morgan fingerprint density at radius 2 is 2.07 bits per heavy atom. The zero-order chi connectivity index (χ0) is 10.9. The number of Topliss-reactive ketones (excluding diaryl/α,β-unsaturated/α-hetero) is 1. The summed E-state index contributed by atoms with van der Waals surface area (Å²) in [6.45, 7) is 1.22. The van der Waals surface area contributed by atoms with E-state index in [0.717, 1.165) is 12.1 Å². The van der Waals surface area contributed by atoms with Crippen LogP contribution in [0.15, 0.2) is 12.1 Å². The normalized spacial score (nSPS) is 10.6. The first-order valence-electron chi connectivity index (χ1n) is 3.75. The lowest BCUT2D eigenvalue weighted by atomic mass is 10.1. The number of carbonyl (C=O) groups is 1. The number of benzene rings is 1. The quantitative estimate of drug-likeness (QED) is 0.778. The van der Waals surface area contributed by atoms with Gasteiger partial charge in [-0.25, -0.2) is 8.78 Å². The maximum Gasteiger partial charge on any atom is 0.265 e. The standard InChI is InChI=1S/C9H7ClF2O2/c1-4(13)5-2-3-6(9(11)12)7(10)8(5)14/h2-3,9,14H,1H3. The van der Waals surface area contributed by atoms with E-state index in [2.05, 4.69) is 0 Å². The van der Waals surface area contributed by atoms with E-state index >= 15 is 0 Å². The molecule has 1 aromatic rings. The number of halogens is 3. The summed E-state index contributed by atoms with van der Waals surface area (Å²) in [5.74, 6) is -1.01. The van der Waals surface area contributed by atoms with Crippen LogP contribution >= 0.6 is 11.6 Å². The molecule has 0 spiro atoms. The molecule has 0 saturated heterocycles. The van der Waals surface area contributed by atoms with Gasteiger partial charge in [-0.3, -0.25) is 4.79 Å². The van der Waals surface area contributed by atoms with E-state index in [9.17, 15) is 18.7 Å². The van der Waals surface area contributed by atoms with Crippen molar-refractivity contribution in [3.05, 3.63) is 28.3 Å². The SMILES string of the molecule is CC(=O)c1ccc(C(F)F)c(Cl)c1O. The molecule has 0 aromatic heterocycles. The van der Waals surface area contributed by atoms with Gasteiger partial charge in [0.2, 0.25) is 0 Å². The number of carbonyl (C=O) groups excluding carboxylic acids is 1. The molecular formula is C9H7ClF2O2. The van der Waals surface area contributed by atoms with E-state index in [0.29, 0.717) is 0 Å². The number of phenolic OH excluding ortho intramolecular Hbond substituents is 1. The molecule has 0 aliphatic heterocycles. The van der Waals surface area contributed by atoms with E-state index in [4.69, 9.17) is 11.6 Å². The third kappa shape index (κ3) is 1.85. The second-order valence-corrected chi connectivity index (χ2v) is 3.10. The first-order chi connectivity index (χ1) is 6.45. The van der Waals surface area contributed by atoms with Crippen molar-refractivity contribution in [2.24, 2.45) is 0 Å². The number of aromatic hydroxyl groups is 1. The number of phenols is 1. The van der Waals surface area contributed by atoms with E-state index in [1.807, 2.05) is 0 Å². The van der Waals surface area contributed by atoms with Gasteiger partial charge in [0.1, 0.15) is 5.75 Å². The molecule has 0 amide bonds. The van der Waals surface area contributed by atoms with Crippen LogP contribution in [0.5, 0.6) is 5.75 Å². The van der Waals surface area contributed by atoms with Crippen LogP contribution in [-0.2, 0) is 0 Å². The molecule has 5 heteroatoms. The predicted molar refractivity (Wildman–Crippen MR) is 48.1 cm³/mol. The molecular weight excluding hydrogens is 214 g/mol. The molecule has 1 rings (SSSR count). The molecule has 0 aliphatic rings. The fourth-order valence-corrected chi connectivity index (χ4v) is 1.28. The summed E-state index contributed by atoms with van der Waals surface area (Å²) < 4.78 is 24.5. The maximum absolute atomic E-state index is 12.3. The fourth-order valence-electron chi connectivity index (χ4n) is 1.03. The largest absolute Gasteiger partial charge is 0.506 e. The molecule has 1 N–H and O–H groups in total. The van der Waals surface area contributed by atoms with Gasteiger partial charge in [-0.2, -0.15) is 0 Å². The van der Waals surface area contributed by atoms with E-state index in [1.54, 1.807) is 0 Å². The minimum absolute atomic E-state index is 0.0561. The maximum atomic E-state index is 12.3. The lowest BCUT2D eigenvalue weighted by molar-refractivity contribution is 0.101. The Hall–Kier alpha value is -1.16. The Labute approximate surface area is 84.1 Å². The Morgan fingerprint density at radius 1 is 1.50 bits per heavy atom. The van der Waals surface area contributed by atoms with Crippen molar-refractivity contribution in [1.82, 2.24) is 0 Å². The third-order valence-corrected chi connectivity index (χ3v) is 2.16. The lowest BCUT2D eigenvalue weighted by Gasteiger charge is -2.07. The van der Waals surface area contributed by atoms with Gasteiger partial charge in [0, 0.05) is 5.56 Å². The molecule has 76 valence electrons. The zero-order valence-corrected chi connectivity index (χ0v) is 7.98. The number of rotatable bonds is 2. The van der Waals surface area contributed by atoms with E-state index in [1.165, 1.54) is 6.92 Å². The van der Waals surface area contributed by atoms with Crippen LogP contribution in [0, 0.1) is 0 Å². The number of hydrogen-bond donors (Lipinski definition) is 1. The van der Waals surface area contributed by atoms with Crippen LogP contribution in [0.3, 0.4) is 0 Å². The van der Waals surface area contributed by atoms with Crippen molar-refractivity contribution in [1.29, 1.82) is 0 Å². The Kier molecular flexibility index (Phi) is 3.06. The second kappa shape index (κ2) is 3.92. The molecule has 0 fully saturated rings. The Bertz CT molecular complexity index is 377. The van der Waals surface area contributed by atoms with Gasteiger partial charge in [0.05, 0.1) is 10.6 Å². The summed E-state index contributed by atoms with van der Waals surface area (Å²) in [6, 6.07) is 2.16. The monoisotopic (exact) mass is 220 g/mol. The van der Waals surface area contributed by atoms with Crippen molar-refractivity contribution >= 4 is 17.4 Å². The summed E-state index contributed by atoms with van der Waals surface area (Å²) in [5, 5.41) is 8.85. The lowest BCUT2D eigenvalue weighted by Crippen LogP contribution is -1.96. The van der Waals surface area contributed by atoms with Crippen molar-refractivity contribution < 1.29 is 18.7 Å². The van der Waals surface area contributed by atoms with Gasteiger partial charge in [0.25, 0.3) is 6.43 Å². The highest BCUT2D eigenvalue weighted by atomic mass is 35.5. The van der Waals surface area contributed by atoms with Gasteiger partial charge in [-0.15, -0.1) is 0 Å². The van der Waals surface area contributed by atoms with Crippen molar-refractivity contribution in [2.75, 3.05) is 0 Å². The predicted octanol–water partition coefficient (Wildman–Crippen LogP) is 3.19. The summed E-state index contributed by atoms with van der Waals surface area (Å²) in [7, 11) is 0. The van der Waals surface area contributed by atoms with E-state index < -0.39 is 28.5 Å². The molecule has 0 bridgehead atoms. The molecule has 0 aliphatic carbocycles. The Balaban J connectivity index is 3.33. The number of ketones is 1. The van der Waals surface area contributed by atoms with Crippen molar-refractivity contribution in [3.63, 3.8) is 0 Å². The van der Waals surface area contributed by atoms with Crippen LogP contribution < -0.4 is 0 Å². The molecule has 0 atom stereocenters. The first-order valence-corrected chi connectivity index (χ1v) is 4.13. The number of hydrogen-bond acceptors (Lipinski definition) is 2. The molecule has 0 saturated carbocycles. The highest BCUT2D eigenvalue weighted by Crippen LogP contribution is 2.36. The molecule has 2 nitrogen and oxygen atoms in total. The van der Waals surface area contributed by atoms with Crippen LogP contribution in [0.25, 0.3) is 0 Å². The average Bonchev–Trinajstić information content (AvgIpc) is 2.08. The minimum atomic E-state index is -2.77. The van der Waals surface area contributed by atoms with Gasteiger partial charge < -0.3 is 5.11 Å². The molecule has 14 heavy (non-hydrogen) atoms. The van der Waals surface area contributed by atoms with Gasteiger partial charge in [-0.05, 0) is 13.0 Å². The summed E-state index contributed by atoms with van der Waals surface area (Å²) in [5.41, 5.74) is -0.534. The third-order valence-electron chi connectivity index (χ3n) is 1.76. The van der Waals surface area contributed by atoms with E-state index in [-0.39, 0.29) is 5.56 Å². The van der Waals surface area contributed by atoms with Crippen molar-refractivity contribution in [2.45, 2.75) is 13.3 Å². The summed E-state index contributed by atoms with van der Waals surface area (Å²) in [6.07, 6.45) is -2.77. The van der Waals surface area contributed by atoms with Crippen LogP contribution in [0.2, 0.25) is 5.02 Å². The second-order valence-electron chi connectivity index (χ2n) is 2.72. The highest BCUT2D eigenvalue weighted by Gasteiger charge is 2.18. The Morgan fingerprint density at radius 3 is 2.50 bits per heavy atom. The zero-order valence-electron chi connectivity index (χ0n) is 7.22. The van der Waals surface area contributed by atoms with Crippen LogP contribution in [0.4, 0.5) is 8.78 Å². The average molecular weight is 221 g/mol. The van der Waals surface area contributed by atoms with Crippen molar-refractivity contribution in [3.8, 4) is 5.75 Å². The van der Waals surface area contributed by atoms with Gasteiger partial charge >= 0.3 is 0 Å². The van der Waals surface area contributed by atoms with Crippen LogP contribution in [-0.4, -0.2) is 10.9 Å². The van der Waals surface area contributed by atoms with Crippen LogP contribution in [0.1, 0.15) is 29.3 Å². The first kappa shape index (κ1) is 10.9. The topological polar surface area (TPSA) is 37.3 Å². The van der Waals surface area contributed by atoms with Gasteiger partial charge in [-0.1, -0.05) is 17.7 Å². The smallest absolute Gasteiger partial charge is 0.265 e. The highest BCUT2D eigenvalue weighted by molar-refractivity contribution is 6.33. The minimum Gasteiger partial charge on any atom is -0.506 e. The summed E-state index contributed by atoms with van der Waals surface area (Å²) in [4.78, 5) is 10.9. The summed E-state index contributed by atoms with van der Waals surface area (Å²) >= 11 is 5.46. The fraction of sp³-hybridized carbons (Fsp3) is 0.222. The molecule has 0 radical (unpaired) electrons. The van der Waals surface area contributed by atoms with Gasteiger partial charge in [0.15, 0.2) is 5.78 Å². The molecule has 0 unspecified atom stereocenters.